The Labute approximate surface area is 178 Å². The second-order valence-corrected chi connectivity index (χ2v) is 8.48. The predicted octanol–water partition coefficient (Wildman–Crippen LogP) is 4.03. The van der Waals surface area contributed by atoms with E-state index in [4.69, 9.17) is 27.8 Å². The second-order valence-electron chi connectivity index (χ2n) is 8.04. The van der Waals surface area contributed by atoms with Crippen molar-refractivity contribution in [3.05, 3.63) is 59.1 Å². The lowest BCUT2D eigenvalue weighted by atomic mass is 9.95. The lowest BCUT2D eigenvalue weighted by Crippen LogP contribution is -2.58. The molecule has 2 aromatic rings. The topological polar surface area (TPSA) is 81.6 Å². The maximum atomic E-state index is 15.1. The van der Waals surface area contributed by atoms with Gasteiger partial charge in [0.15, 0.2) is 6.04 Å². The van der Waals surface area contributed by atoms with Gasteiger partial charge in [-0.3, -0.25) is 4.79 Å². The molecular formula is C22H24ClF2N3O2. The fraction of sp³-hybridized carbons (Fsp3) is 0.409. The monoisotopic (exact) mass is 435 g/mol. The van der Waals surface area contributed by atoms with Gasteiger partial charge in [-0.05, 0) is 74.2 Å². The summed E-state index contributed by atoms with van der Waals surface area (Å²) >= 11 is 5.84. The molecule has 2 aliphatic rings. The second kappa shape index (κ2) is 8.13. The first-order valence-electron chi connectivity index (χ1n) is 10.0. The number of amides is 1. The van der Waals surface area contributed by atoms with Gasteiger partial charge in [-0.15, -0.1) is 0 Å². The summed E-state index contributed by atoms with van der Waals surface area (Å²) in [6.07, 6.45) is 2.85. The number of halogens is 3. The zero-order valence-electron chi connectivity index (χ0n) is 16.3. The van der Waals surface area contributed by atoms with E-state index in [9.17, 15) is 4.79 Å². The fourth-order valence-electron chi connectivity index (χ4n) is 4.46. The smallest absolute Gasteiger partial charge is 0.296 e. The van der Waals surface area contributed by atoms with E-state index in [0.29, 0.717) is 29.4 Å². The maximum Gasteiger partial charge on any atom is 0.296 e. The summed E-state index contributed by atoms with van der Waals surface area (Å²) in [5.74, 6) is -3.29. The quantitative estimate of drug-likeness (QED) is 0.742. The van der Waals surface area contributed by atoms with Gasteiger partial charge >= 0.3 is 0 Å². The third kappa shape index (κ3) is 4.02. The molecule has 0 aromatic heterocycles. The molecule has 0 spiro atoms. The number of ether oxygens (including phenoxy) is 1. The summed E-state index contributed by atoms with van der Waals surface area (Å²) in [6, 6.07) is 9.90. The first-order chi connectivity index (χ1) is 14.3. The average Bonchev–Trinajstić information content (AvgIpc) is 3.00. The number of carbonyl (C=O) groups excluding carboxylic acids is 1. The SMILES string of the molecule is NC1CC2CCC(C1)N2C(=O)C(N)C(F)(F)c1ccc(Oc2ccc(Cl)cc2)cc1. The minimum atomic E-state index is -3.51. The van der Waals surface area contributed by atoms with Crippen molar-refractivity contribution in [2.75, 3.05) is 0 Å². The van der Waals surface area contributed by atoms with Crippen LogP contribution in [0.15, 0.2) is 48.5 Å². The van der Waals surface area contributed by atoms with E-state index in [-0.39, 0.29) is 23.7 Å². The molecule has 0 aliphatic carbocycles. The molecule has 4 N–H and O–H groups in total. The zero-order valence-corrected chi connectivity index (χ0v) is 17.1. The summed E-state index contributed by atoms with van der Waals surface area (Å²) in [5.41, 5.74) is 11.5. The molecule has 2 heterocycles. The van der Waals surface area contributed by atoms with Crippen molar-refractivity contribution in [2.45, 2.75) is 55.8 Å². The van der Waals surface area contributed by atoms with Crippen LogP contribution in [0.2, 0.25) is 5.02 Å². The first kappa shape index (κ1) is 21.0. The Morgan fingerprint density at radius 3 is 2.07 bits per heavy atom. The zero-order chi connectivity index (χ0) is 21.5. The Balaban J connectivity index is 1.47. The lowest BCUT2D eigenvalue weighted by Gasteiger charge is -2.40. The molecule has 2 fully saturated rings. The number of hydrogen-bond donors (Lipinski definition) is 2. The molecule has 1 amide bonds. The van der Waals surface area contributed by atoms with E-state index in [1.165, 1.54) is 24.3 Å². The highest BCUT2D eigenvalue weighted by Gasteiger charge is 2.50. The van der Waals surface area contributed by atoms with Gasteiger partial charge in [-0.1, -0.05) is 11.6 Å². The Morgan fingerprint density at radius 1 is 1.03 bits per heavy atom. The van der Waals surface area contributed by atoms with E-state index >= 15 is 8.78 Å². The van der Waals surface area contributed by atoms with Crippen molar-refractivity contribution in [1.82, 2.24) is 4.90 Å². The Hall–Kier alpha value is -2.22. The third-order valence-electron chi connectivity index (χ3n) is 5.97. The standard InChI is InChI=1S/C22H24ClF2N3O2/c23-14-3-9-19(10-4-14)30-18-7-1-13(2-8-18)22(24,25)20(27)21(29)28-16-5-6-17(28)12-15(26)11-16/h1-4,7-10,15-17,20H,5-6,11-12,26-27H2. The van der Waals surface area contributed by atoms with Crippen LogP contribution in [0.1, 0.15) is 31.2 Å². The number of carbonyl (C=O) groups is 1. The number of benzene rings is 2. The highest BCUT2D eigenvalue weighted by Crippen LogP contribution is 2.39. The molecule has 2 aromatic carbocycles. The summed E-state index contributed by atoms with van der Waals surface area (Å²) in [7, 11) is 0. The van der Waals surface area contributed by atoms with Crippen LogP contribution in [-0.4, -0.2) is 35.0 Å². The third-order valence-corrected chi connectivity index (χ3v) is 6.22. The molecule has 2 bridgehead atoms. The fourth-order valence-corrected chi connectivity index (χ4v) is 4.58. The molecule has 3 atom stereocenters. The number of rotatable bonds is 5. The van der Waals surface area contributed by atoms with Crippen LogP contribution in [0.4, 0.5) is 8.78 Å². The van der Waals surface area contributed by atoms with E-state index < -0.39 is 17.9 Å². The van der Waals surface area contributed by atoms with E-state index in [0.717, 1.165) is 12.8 Å². The summed E-state index contributed by atoms with van der Waals surface area (Å²) in [5, 5.41) is 0.570. The minimum absolute atomic E-state index is 0.0106. The molecule has 2 saturated heterocycles. The van der Waals surface area contributed by atoms with Crippen molar-refractivity contribution in [3.63, 3.8) is 0 Å². The van der Waals surface area contributed by atoms with E-state index in [1.807, 2.05) is 0 Å². The van der Waals surface area contributed by atoms with Gasteiger partial charge in [0.25, 0.3) is 5.92 Å². The predicted molar refractivity (Wildman–Crippen MR) is 111 cm³/mol. The number of hydrogen-bond acceptors (Lipinski definition) is 4. The van der Waals surface area contributed by atoms with Crippen LogP contribution in [0, 0.1) is 0 Å². The van der Waals surface area contributed by atoms with Gasteiger partial charge in [0, 0.05) is 28.7 Å². The molecule has 30 heavy (non-hydrogen) atoms. The number of nitrogens with two attached hydrogens (primary N) is 2. The van der Waals surface area contributed by atoms with Crippen LogP contribution in [0.25, 0.3) is 0 Å². The Morgan fingerprint density at radius 2 is 1.53 bits per heavy atom. The molecule has 8 heteroatoms. The van der Waals surface area contributed by atoms with E-state index in [2.05, 4.69) is 0 Å². The molecule has 3 unspecified atom stereocenters. The molecule has 2 aliphatic heterocycles. The lowest BCUT2D eigenvalue weighted by molar-refractivity contribution is -0.147. The van der Waals surface area contributed by atoms with E-state index in [1.54, 1.807) is 29.2 Å². The molecule has 5 nitrogen and oxygen atoms in total. The molecule has 0 saturated carbocycles. The average molecular weight is 436 g/mol. The van der Waals surface area contributed by atoms with Crippen molar-refractivity contribution in [1.29, 1.82) is 0 Å². The van der Waals surface area contributed by atoms with Gasteiger partial charge in [0.2, 0.25) is 5.91 Å². The van der Waals surface area contributed by atoms with Crippen molar-refractivity contribution < 1.29 is 18.3 Å². The maximum absolute atomic E-state index is 15.1. The van der Waals surface area contributed by atoms with Gasteiger partial charge in [0.05, 0.1) is 0 Å². The number of nitrogens with zero attached hydrogens (tertiary/aromatic N) is 1. The summed E-state index contributed by atoms with van der Waals surface area (Å²) < 4.78 is 35.7. The van der Waals surface area contributed by atoms with Gasteiger partial charge in [-0.2, -0.15) is 8.78 Å². The molecule has 0 radical (unpaired) electrons. The molecular weight excluding hydrogens is 412 g/mol. The number of piperidine rings is 1. The molecule has 160 valence electrons. The van der Waals surface area contributed by atoms with Crippen molar-refractivity contribution in [2.24, 2.45) is 11.5 Å². The van der Waals surface area contributed by atoms with Gasteiger partial charge in [0.1, 0.15) is 11.5 Å². The van der Waals surface area contributed by atoms with Crippen molar-refractivity contribution >= 4 is 17.5 Å². The van der Waals surface area contributed by atoms with Gasteiger partial charge < -0.3 is 21.1 Å². The summed E-state index contributed by atoms with van der Waals surface area (Å²) in [6.45, 7) is 0. The Bertz CT molecular complexity index is 894. The molecule has 4 rings (SSSR count). The normalized spacial score (nSPS) is 24.6. The Kier molecular flexibility index (Phi) is 5.70. The largest absolute Gasteiger partial charge is 0.457 e. The highest BCUT2D eigenvalue weighted by atomic mass is 35.5. The minimum Gasteiger partial charge on any atom is -0.457 e. The van der Waals surface area contributed by atoms with Gasteiger partial charge in [-0.25, -0.2) is 0 Å². The van der Waals surface area contributed by atoms with Crippen LogP contribution in [0.5, 0.6) is 11.5 Å². The van der Waals surface area contributed by atoms with Crippen LogP contribution >= 0.6 is 11.6 Å². The van der Waals surface area contributed by atoms with Crippen molar-refractivity contribution in [3.8, 4) is 11.5 Å². The van der Waals surface area contributed by atoms with Crippen LogP contribution in [0.3, 0.4) is 0 Å². The summed E-state index contributed by atoms with van der Waals surface area (Å²) in [4.78, 5) is 14.4. The van der Waals surface area contributed by atoms with Crippen LogP contribution < -0.4 is 16.2 Å². The van der Waals surface area contributed by atoms with Crippen LogP contribution in [-0.2, 0) is 10.7 Å². The highest BCUT2D eigenvalue weighted by molar-refractivity contribution is 6.30. The number of alkyl halides is 2. The number of fused-ring (bicyclic) bond motifs is 2. The first-order valence-corrected chi connectivity index (χ1v) is 10.4.